The number of ether oxygens (including phenoxy) is 2. The van der Waals surface area contributed by atoms with E-state index in [4.69, 9.17) is 4.74 Å². The molecule has 0 bridgehead atoms. The van der Waals surface area contributed by atoms with Crippen molar-refractivity contribution in [3.05, 3.63) is 64.7 Å². The van der Waals surface area contributed by atoms with Gasteiger partial charge in [-0.2, -0.15) is 0 Å². The van der Waals surface area contributed by atoms with Crippen LogP contribution in [0.25, 0.3) is 0 Å². The van der Waals surface area contributed by atoms with E-state index >= 15 is 0 Å². The van der Waals surface area contributed by atoms with Crippen molar-refractivity contribution in [3.8, 4) is 5.75 Å². The van der Waals surface area contributed by atoms with Gasteiger partial charge in [0.05, 0.1) is 18.2 Å². The maximum atomic E-state index is 12.1. The molecule has 21 heavy (non-hydrogen) atoms. The fourth-order valence-corrected chi connectivity index (χ4v) is 2.07. The van der Waals surface area contributed by atoms with Crippen LogP contribution >= 0.6 is 0 Å². The molecule has 2 aromatic carbocycles. The summed E-state index contributed by atoms with van der Waals surface area (Å²) in [5.74, 6) is -0.369. The van der Waals surface area contributed by atoms with E-state index in [9.17, 15) is 9.59 Å². The largest absolute Gasteiger partial charge is 0.465 e. The first kappa shape index (κ1) is 14.8. The van der Waals surface area contributed by atoms with E-state index in [-0.39, 0.29) is 0 Å². The summed E-state index contributed by atoms with van der Waals surface area (Å²) in [5.41, 5.74) is 2.33. The Bertz CT molecular complexity index is 651. The van der Waals surface area contributed by atoms with E-state index in [1.54, 1.807) is 50.2 Å². The van der Waals surface area contributed by atoms with Crippen LogP contribution in [0.3, 0.4) is 0 Å². The number of carbonyl (C=O) groups excluding carboxylic acids is 2. The van der Waals surface area contributed by atoms with Crippen molar-refractivity contribution in [2.45, 2.75) is 13.8 Å². The molecule has 108 valence electrons. The molecular formula is C17H16O4. The standard InChI is InChI=1S/C17H16O4/c1-11-9-14(16(18)20-3)10-12(2)15(11)21-17(19)13-7-5-4-6-8-13/h4-10H,1-3H3. The van der Waals surface area contributed by atoms with Gasteiger partial charge in [0.25, 0.3) is 0 Å². The number of esters is 2. The number of hydrogen-bond acceptors (Lipinski definition) is 4. The summed E-state index contributed by atoms with van der Waals surface area (Å²) in [4.78, 5) is 23.6. The Morgan fingerprint density at radius 2 is 1.43 bits per heavy atom. The lowest BCUT2D eigenvalue weighted by Crippen LogP contribution is -2.11. The molecule has 0 aliphatic heterocycles. The molecule has 4 heteroatoms. The molecule has 2 aromatic rings. The first-order valence-corrected chi connectivity index (χ1v) is 6.49. The number of benzene rings is 2. The highest BCUT2D eigenvalue weighted by Crippen LogP contribution is 2.26. The van der Waals surface area contributed by atoms with Crippen molar-refractivity contribution >= 4 is 11.9 Å². The van der Waals surface area contributed by atoms with Gasteiger partial charge >= 0.3 is 11.9 Å². The molecule has 4 nitrogen and oxygen atoms in total. The molecule has 0 spiro atoms. The van der Waals surface area contributed by atoms with Crippen LogP contribution in [0.1, 0.15) is 31.8 Å². The summed E-state index contributed by atoms with van der Waals surface area (Å²) in [6.45, 7) is 3.57. The fraction of sp³-hybridized carbons (Fsp3) is 0.176. The Morgan fingerprint density at radius 1 is 0.857 bits per heavy atom. The van der Waals surface area contributed by atoms with Gasteiger partial charge < -0.3 is 9.47 Å². The van der Waals surface area contributed by atoms with Gasteiger partial charge in [-0.05, 0) is 49.2 Å². The summed E-state index contributed by atoms with van der Waals surface area (Å²) in [6.07, 6.45) is 0. The lowest BCUT2D eigenvalue weighted by molar-refractivity contribution is 0.0600. The minimum absolute atomic E-state index is 0.415. The summed E-state index contributed by atoms with van der Waals surface area (Å²) in [7, 11) is 1.33. The second kappa shape index (κ2) is 6.22. The molecule has 0 saturated carbocycles. The van der Waals surface area contributed by atoms with Gasteiger partial charge in [0.2, 0.25) is 0 Å². The summed E-state index contributed by atoms with van der Waals surface area (Å²) in [5, 5.41) is 0. The number of aryl methyl sites for hydroxylation is 2. The zero-order valence-electron chi connectivity index (χ0n) is 12.2. The normalized spacial score (nSPS) is 10.0. The lowest BCUT2D eigenvalue weighted by Gasteiger charge is -2.12. The van der Waals surface area contributed by atoms with Crippen LogP contribution < -0.4 is 4.74 Å². The number of carbonyl (C=O) groups is 2. The minimum atomic E-state index is -0.424. The van der Waals surface area contributed by atoms with Gasteiger partial charge in [0, 0.05) is 0 Å². The number of rotatable bonds is 3. The second-order valence-electron chi connectivity index (χ2n) is 4.69. The van der Waals surface area contributed by atoms with Crippen LogP contribution in [-0.2, 0) is 4.74 Å². The van der Waals surface area contributed by atoms with E-state index in [0.717, 1.165) is 0 Å². The van der Waals surface area contributed by atoms with Crippen molar-refractivity contribution in [2.75, 3.05) is 7.11 Å². The Hall–Kier alpha value is -2.62. The first-order chi connectivity index (χ1) is 10.0. The molecule has 0 heterocycles. The van der Waals surface area contributed by atoms with E-state index in [1.165, 1.54) is 7.11 Å². The molecule has 0 radical (unpaired) electrons. The van der Waals surface area contributed by atoms with Crippen molar-refractivity contribution in [2.24, 2.45) is 0 Å². The molecule has 0 aromatic heterocycles. The lowest BCUT2D eigenvalue weighted by atomic mass is 10.1. The molecule has 0 fully saturated rings. The number of methoxy groups -OCH3 is 1. The third kappa shape index (κ3) is 3.28. The van der Waals surface area contributed by atoms with Crippen LogP contribution in [0.15, 0.2) is 42.5 Å². The third-order valence-corrected chi connectivity index (χ3v) is 3.09. The quantitative estimate of drug-likeness (QED) is 0.641. The highest BCUT2D eigenvalue weighted by molar-refractivity contribution is 5.92. The van der Waals surface area contributed by atoms with E-state index < -0.39 is 11.9 Å². The predicted octanol–water partition coefficient (Wildman–Crippen LogP) is 3.31. The van der Waals surface area contributed by atoms with Crippen molar-refractivity contribution in [1.29, 1.82) is 0 Å². The Balaban J connectivity index is 2.29. The topological polar surface area (TPSA) is 52.6 Å². The summed E-state index contributed by atoms with van der Waals surface area (Å²) >= 11 is 0. The molecule has 2 rings (SSSR count). The smallest absolute Gasteiger partial charge is 0.343 e. The molecule has 0 aliphatic rings. The first-order valence-electron chi connectivity index (χ1n) is 6.49. The highest BCUT2D eigenvalue weighted by atomic mass is 16.5. The third-order valence-electron chi connectivity index (χ3n) is 3.09. The molecule has 0 saturated heterocycles. The van der Waals surface area contributed by atoms with Crippen molar-refractivity contribution < 1.29 is 19.1 Å². The SMILES string of the molecule is COC(=O)c1cc(C)c(OC(=O)c2ccccc2)c(C)c1. The predicted molar refractivity (Wildman–Crippen MR) is 78.7 cm³/mol. The average molecular weight is 284 g/mol. The van der Waals surface area contributed by atoms with Gasteiger partial charge in [-0.15, -0.1) is 0 Å². The van der Waals surface area contributed by atoms with Gasteiger partial charge in [-0.3, -0.25) is 0 Å². The maximum absolute atomic E-state index is 12.1. The van der Waals surface area contributed by atoms with Gasteiger partial charge in [-0.1, -0.05) is 18.2 Å². The average Bonchev–Trinajstić information content (AvgIpc) is 2.50. The van der Waals surface area contributed by atoms with Crippen LogP contribution in [0, 0.1) is 13.8 Å². The summed E-state index contributed by atoms with van der Waals surface area (Å²) in [6, 6.07) is 12.1. The molecule has 0 aliphatic carbocycles. The van der Waals surface area contributed by atoms with Crippen LogP contribution in [0.2, 0.25) is 0 Å². The molecule has 0 N–H and O–H groups in total. The van der Waals surface area contributed by atoms with E-state index in [1.807, 2.05) is 6.07 Å². The van der Waals surface area contributed by atoms with E-state index in [0.29, 0.717) is 28.0 Å². The van der Waals surface area contributed by atoms with Gasteiger partial charge in [0.1, 0.15) is 5.75 Å². The maximum Gasteiger partial charge on any atom is 0.343 e. The minimum Gasteiger partial charge on any atom is -0.465 e. The van der Waals surface area contributed by atoms with Crippen LogP contribution in [0.5, 0.6) is 5.75 Å². The Labute approximate surface area is 123 Å². The van der Waals surface area contributed by atoms with Crippen molar-refractivity contribution in [3.63, 3.8) is 0 Å². The second-order valence-corrected chi connectivity index (χ2v) is 4.69. The molecule has 0 amide bonds. The highest BCUT2D eigenvalue weighted by Gasteiger charge is 2.15. The van der Waals surface area contributed by atoms with Gasteiger partial charge in [0.15, 0.2) is 0 Å². The van der Waals surface area contributed by atoms with Crippen LogP contribution in [-0.4, -0.2) is 19.0 Å². The van der Waals surface area contributed by atoms with Gasteiger partial charge in [-0.25, -0.2) is 9.59 Å². The Kier molecular flexibility index (Phi) is 4.38. The summed E-state index contributed by atoms with van der Waals surface area (Å²) < 4.78 is 10.1. The zero-order valence-corrected chi connectivity index (χ0v) is 12.2. The monoisotopic (exact) mass is 284 g/mol. The Morgan fingerprint density at radius 3 is 1.95 bits per heavy atom. The molecular weight excluding hydrogens is 268 g/mol. The number of hydrogen-bond donors (Lipinski definition) is 0. The molecule has 0 atom stereocenters. The van der Waals surface area contributed by atoms with E-state index in [2.05, 4.69) is 4.74 Å². The molecule has 0 unspecified atom stereocenters. The fourth-order valence-electron chi connectivity index (χ4n) is 2.07. The zero-order chi connectivity index (χ0) is 15.4. The van der Waals surface area contributed by atoms with Crippen LogP contribution in [0.4, 0.5) is 0 Å². The van der Waals surface area contributed by atoms with Crippen molar-refractivity contribution in [1.82, 2.24) is 0 Å².